The van der Waals surface area contributed by atoms with Crippen LogP contribution < -0.4 is 15.1 Å². The molecule has 7 rings (SSSR count). The van der Waals surface area contributed by atoms with E-state index in [-0.39, 0.29) is 29.2 Å². The molecule has 0 unspecified atom stereocenters. The van der Waals surface area contributed by atoms with Gasteiger partial charge >= 0.3 is 6.09 Å². The minimum Gasteiger partial charge on any atom is -0.447 e. The zero-order chi connectivity index (χ0) is 29.2. The molecule has 5 aliphatic rings. The lowest BCUT2D eigenvalue weighted by Gasteiger charge is -2.46. The van der Waals surface area contributed by atoms with Crippen LogP contribution in [0.5, 0.6) is 0 Å². The van der Waals surface area contributed by atoms with Crippen LogP contribution in [0.1, 0.15) is 65.9 Å². The Kier molecular flexibility index (Phi) is 6.45. The van der Waals surface area contributed by atoms with Gasteiger partial charge in [-0.05, 0) is 70.7 Å². The van der Waals surface area contributed by atoms with Crippen LogP contribution in [0, 0.1) is 5.92 Å². The first-order valence-electron chi connectivity index (χ1n) is 15.3. The van der Waals surface area contributed by atoms with E-state index in [0.717, 1.165) is 48.8 Å². The molecule has 1 amide bonds. The van der Waals surface area contributed by atoms with Crippen LogP contribution in [0.3, 0.4) is 0 Å². The highest BCUT2D eigenvalue weighted by atomic mass is 16.6. The molecule has 0 saturated carbocycles. The Hall–Kier alpha value is -3.66. The van der Waals surface area contributed by atoms with Gasteiger partial charge in [-0.1, -0.05) is 19.9 Å². The number of carbonyl (C=O) groups excluding carboxylic acids is 1. The summed E-state index contributed by atoms with van der Waals surface area (Å²) in [6.45, 7) is 14.0. The first-order chi connectivity index (χ1) is 20.1. The van der Waals surface area contributed by atoms with Gasteiger partial charge in [0.1, 0.15) is 24.1 Å². The highest BCUT2D eigenvalue weighted by Gasteiger charge is 2.55. The standard InChI is InChI=1S/C32H41N7O3/c1-20-15-22(11-12-24(20)37-13-6-7-14-37)34-29-33-17-23-28(36-29)39(25-16-31(3,4)42-19-32(23,25)5)27-10-8-9-26(35-27)38-21(2)18-41-30(38)40/h8-12,17,20-21,25H,6-7,13-16,18-19H2,1-5H3,(H,33,34,36)/t20-,21-,25+,32+/m0/s1. The van der Waals surface area contributed by atoms with Crippen molar-refractivity contribution in [3.05, 3.63) is 53.5 Å². The summed E-state index contributed by atoms with van der Waals surface area (Å²) in [5, 5.41) is 3.53. The fraction of sp³-hybridized carbons (Fsp3) is 0.562. The highest BCUT2D eigenvalue weighted by Crippen LogP contribution is 2.53. The van der Waals surface area contributed by atoms with Crippen LogP contribution >= 0.6 is 0 Å². The second kappa shape index (κ2) is 9.97. The summed E-state index contributed by atoms with van der Waals surface area (Å²) < 4.78 is 11.7. The van der Waals surface area contributed by atoms with E-state index in [1.54, 1.807) is 4.90 Å². The van der Waals surface area contributed by atoms with Gasteiger partial charge in [0.15, 0.2) is 0 Å². The Morgan fingerprint density at radius 2 is 1.79 bits per heavy atom. The number of cyclic esters (lactones) is 1. The minimum absolute atomic E-state index is 0.0615. The van der Waals surface area contributed by atoms with E-state index in [0.29, 0.717) is 30.9 Å². The fourth-order valence-corrected chi connectivity index (χ4v) is 7.26. The number of carbonyl (C=O) groups is 1. The number of amides is 1. The predicted octanol–water partition coefficient (Wildman–Crippen LogP) is 5.51. The molecule has 0 radical (unpaired) electrons. The monoisotopic (exact) mass is 571 g/mol. The van der Waals surface area contributed by atoms with Crippen molar-refractivity contribution in [2.45, 2.75) is 83.4 Å². The van der Waals surface area contributed by atoms with Crippen LogP contribution in [0.15, 0.2) is 47.9 Å². The predicted molar refractivity (Wildman–Crippen MR) is 162 cm³/mol. The molecule has 10 heteroatoms. The molecule has 2 aromatic rings. The van der Waals surface area contributed by atoms with Crippen molar-refractivity contribution in [1.29, 1.82) is 0 Å². The molecule has 3 fully saturated rings. The zero-order valence-corrected chi connectivity index (χ0v) is 25.3. The topological polar surface area (TPSA) is 96.0 Å². The van der Waals surface area contributed by atoms with Gasteiger partial charge in [-0.25, -0.2) is 14.8 Å². The molecule has 6 heterocycles. The van der Waals surface area contributed by atoms with Gasteiger partial charge in [0.2, 0.25) is 5.95 Å². The Bertz CT molecular complexity index is 1470. The molecule has 4 aliphatic heterocycles. The van der Waals surface area contributed by atoms with E-state index in [9.17, 15) is 4.79 Å². The third kappa shape index (κ3) is 4.51. The molecule has 0 spiro atoms. The Balaban J connectivity index is 1.25. The lowest BCUT2D eigenvalue weighted by Crippen LogP contribution is -2.54. The lowest BCUT2D eigenvalue weighted by atomic mass is 9.73. The molecule has 4 atom stereocenters. The van der Waals surface area contributed by atoms with Gasteiger partial charge < -0.3 is 24.6 Å². The number of anilines is 4. The molecular weight excluding hydrogens is 530 g/mol. The number of hydrogen-bond donors (Lipinski definition) is 1. The fourth-order valence-electron chi connectivity index (χ4n) is 7.26. The number of nitrogens with zero attached hydrogens (tertiary/aromatic N) is 6. The van der Waals surface area contributed by atoms with Crippen molar-refractivity contribution >= 4 is 29.5 Å². The van der Waals surface area contributed by atoms with Crippen LogP contribution in [0.4, 0.5) is 28.2 Å². The molecular formula is C32H41N7O3. The number of fused-ring (bicyclic) bond motifs is 3. The Labute approximate surface area is 247 Å². The molecule has 0 aromatic carbocycles. The van der Waals surface area contributed by atoms with Crippen molar-refractivity contribution in [2.75, 3.05) is 41.4 Å². The van der Waals surface area contributed by atoms with Crippen molar-refractivity contribution in [3.8, 4) is 0 Å². The molecule has 42 heavy (non-hydrogen) atoms. The Morgan fingerprint density at radius 3 is 2.50 bits per heavy atom. The van der Waals surface area contributed by atoms with Crippen molar-refractivity contribution in [1.82, 2.24) is 19.9 Å². The second-order valence-electron chi connectivity index (χ2n) is 13.3. The number of rotatable bonds is 5. The molecule has 3 saturated heterocycles. The molecule has 1 aliphatic carbocycles. The van der Waals surface area contributed by atoms with Gasteiger partial charge in [-0.15, -0.1) is 0 Å². The number of aromatic nitrogens is 3. The van der Waals surface area contributed by atoms with Crippen molar-refractivity contribution in [3.63, 3.8) is 0 Å². The summed E-state index contributed by atoms with van der Waals surface area (Å²) in [4.78, 5) is 33.9. The average molecular weight is 572 g/mol. The molecule has 10 nitrogen and oxygen atoms in total. The first-order valence-corrected chi connectivity index (χ1v) is 15.3. The summed E-state index contributed by atoms with van der Waals surface area (Å²) in [5.74, 6) is 3.18. The number of hydrogen-bond acceptors (Lipinski definition) is 9. The summed E-state index contributed by atoms with van der Waals surface area (Å²) in [7, 11) is 0. The quantitative estimate of drug-likeness (QED) is 0.498. The second-order valence-corrected chi connectivity index (χ2v) is 13.3. The van der Waals surface area contributed by atoms with E-state index in [2.05, 4.69) is 55.0 Å². The van der Waals surface area contributed by atoms with Crippen LogP contribution in [-0.2, 0) is 14.9 Å². The zero-order valence-electron chi connectivity index (χ0n) is 25.3. The normalized spacial score (nSPS) is 30.1. The largest absolute Gasteiger partial charge is 0.447 e. The highest BCUT2D eigenvalue weighted by molar-refractivity contribution is 5.89. The Morgan fingerprint density at radius 1 is 1.02 bits per heavy atom. The van der Waals surface area contributed by atoms with Crippen molar-refractivity contribution in [2.24, 2.45) is 5.92 Å². The van der Waals surface area contributed by atoms with E-state index in [1.165, 1.54) is 18.5 Å². The van der Waals surface area contributed by atoms with Gasteiger partial charge in [0, 0.05) is 47.6 Å². The van der Waals surface area contributed by atoms with Gasteiger partial charge in [0.05, 0.1) is 24.3 Å². The third-order valence-corrected chi connectivity index (χ3v) is 9.64. The van der Waals surface area contributed by atoms with Gasteiger partial charge in [-0.3, -0.25) is 4.90 Å². The number of ether oxygens (including phenoxy) is 2. The summed E-state index contributed by atoms with van der Waals surface area (Å²) in [5.41, 5.74) is 2.99. The molecule has 0 bridgehead atoms. The number of likely N-dealkylation sites (tertiary alicyclic amines) is 1. The maximum absolute atomic E-state index is 12.5. The first kappa shape index (κ1) is 27.2. The average Bonchev–Trinajstić information content (AvgIpc) is 3.66. The summed E-state index contributed by atoms with van der Waals surface area (Å²) in [6, 6.07) is 5.80. The number of allylic oxidation sites excluding steroid dienone is 4. The van der Waals surface area contributed by atoms with E-state index in [1.807, 2.05) is 31.3 Å². The third-order valence-electron chi connectivity index (χ3n) is 9.64. The number of pyridine rings is 1. The van der Waals surface area contributed by atoms with Gasteiger partial charge in [0.25, 0.3) is 0 Å². The van der Waals surface area contributed by atoms with E-state index >= 15 is 0 Å². The molecule has 1 N–H and O–H groups in total. The van der Waals surface area contributed by atoms with E-state index in [4.69, 9.17) is 24.4 Å². The van der Waals surface area contributed by atoms with Crippen LogP contribution in [-0.4, -0.2) is 69.9 Å². The molecule has 222 valence electrons. The number of nitrogens with one attached hydrogen (secondary N) is 1. The van der Waals surface area contributed by atoms with E-state index < -0.39 is 0 Å². The van der Waals surface area contributed by atoms with Crippen molar-refractivity contribution < 1.29 is 14.3 Å². The van der Waals surface area contributed by atoms with Crippen LogP contribution in [0.2, 0.25) is 0 Å². The summed E-state index contributed by atoms with van der Waals surface area (Å²) >= 11 is 0. The molecule has 2 aromatic heterocycles. The van der Waals surface area contributed by atoms with Gasteiger partial charge in [-0.2, -0.15) is 4.98 Å². The SMILES string of the molecule is C[C@H]1CC(Nc2ncc3c(n2)N(c2cccc(N4C(=O)OC[C@@H]4C)n2)[C@@H]2CC(C)(C)OC[C@]32C)=CC=C1N1CCCC1. The maximum Gasteiger partial charge on any atom is 0.415 e. The smallest absolute Gasteiger partial charge is 0.415 e. The van der Waals surface area contributed by atoms with Crippen LogP contribution in [0.25, 0.3) is 0 Å². The summed E-state index contributed by atoms with van der Waals surface area (Å²) in [6.07, 6.45) is 10.3. The lowest BCUT2D eigenvalue weighted by molar-refractivity contribution is -0.0893. The minimum atomic E-state index is -0.364. The maximum atomic E-state index is 12.5.